The van der Waals surface area contributed by atoms with Gasteiger partial charge in [-0.05, 0) is 34.0 Å². The van der Waals surface area contributed by atoms with Crippen molar-refractivity contribution in [1.82, 2.24) is 0 Å². The molecule has 1 rings (SSSR count). The molecule has 1 heterocycles. The summed E-state index contributed by atoms with van der Waals surface area (Å²) in [5, 5.41) is 1.98. The van der Waals surface area contributed by atoms with Gasteiger partial charge in [-0.1, -0.05) is 11.6 Å². The van der Waals surface area contributed by atoms with Crippen molar-refractivity contribution in [2.45, 2.75) is 0 Å². The third-order valence-corrected chi connectivity index (χ3v) is 3.33. The highest BCUT2D eigenvalue weighted by Crippen LogP contribution is 2.23. The van der Waals surface area contributed by atoms with E-state index in [1.807, 2.05) is 11.4 Å². The summed E-state index contributed by atoms with van der Waals surface area (Å²) in [5.41, 5.74) is 0. The molecule has 0 bridgehead atoms. The number of hydrogen-bond acceptors (Lipinski definition) is 1. The highest BCUT2D eigenvalue weighted by Gasteiger charge is 1.92. The number of thiophene rings is 1. The molecule has 0 aliphatic heterocycles. The molecule has 0 nitrogen and oxygen atoms in total. The van der Waals surface area contributed by atoms with Crippen LogP contribution < -0.4 is 0 Å². The van der Waals surface area contributed by atoms with E-state index in [0.29, 0.717) is 0 Å². The Kier molecular flexibility index (Phi) is 1.94. The van der Waals surface area contributed by atoms with Gasteiger partial charge in [0.05, 0.1) is 0 Å². The van der Waals surface area contributed by atoms with Gasteiger partial charge in [0, 0.05) is 3.57 Å². The van der Waals surface area contributed by atoms with Gasteiger partial charge in [-0.25, -0.2) is 0 Å². The topological polar surface area (TPSA) is 0 Å². The van der Waals surface area contributed by atoms with E-state index in [2.05, 4.69) is 22.6 Å². The lowest BCUT2D eigenvalue weighted by Crippen LogP contribution is -1.51. The zero-order chi connectivity index (χ0) is 5.28. The molecule has 0 N–H and O–H groups in total. The minimum absolute atomic E-state index is 0.889. The Labute approximate surface area is 64.6 Å². The van der Waals surface area contributed by atoms with Gasteiger partial charge in [0.1, 0.15) is 4.34 Å². The first-order valence-corrected chi connectivity index (χ1v) is 4.03. The first-order chi connectivity index (χ1) is 3.30. The molecule has 3 heteroatoms. The summed E-state index contributed by atoms with van der Waals surface area (Å²) in [4.78, 5) is 0. The van der Waals surface area contributed by atoms with Crippen LogP contribution in [0.3, 0.4) is 0 Å². The van der Waals surface area contributed by atoms with Crippen molar-refractivity contribution in [2.24, 2.45) is 0 Å². The molecule has 0 aliphatic carbocycles. The van der Waals surface area contributed by atoms with Gasteiger partial charge < -0.3 is 0 Å². The van der Waals surface area contributed by atoms with Crippen LogP contribution in [0.1, 0.15) is 0 Å². The molecule has 0 unspecified atom stereocenters. The predicted molar refractivity (Wildman–Crippen MR) is 42.0 cm³/mol. The normalized spacial score (nSPS) is 9.43. The van der Waals surface area contributed by atoms with Crippen LogP contribution in [0.4, 0.5) is 0 Å². The third-order valence-electron chi connectivity index (χ3n) is 0.574. The fraction of sp³-hybridized carbons (Fsp3) is 0. The maximum absolute atomic E-state index is 5.64. The van der Waals surface area contributed by atoms with Crippen molar-refractivity contribution >= 4 is 45.5 Å². The van der Waals surface area contributed by atoms with Crippen LogP contribution in [0.25, 0.3) is 0 Å². The van der Waals surface area contributed by atoms with Crippen molar-refractivity contribution < 1.29 is 0 Å². The molecule has 0 aromatic carbocycles. The van der Waals surface area contributed by atoms with E-state index in [0.717, 1.165) is 7.91 Å². The predicted octanol–water partition coefficient (Wildman–Crippen LogP) is 3.01. The van der Waals surface area contributed by atoms with Crippen LogP contribution in [0, 0.1) is 3.57 Å². The molecular weight excluding hydrogens is 242 g/mol. The van der Waals surface area contributed by atoms with E-state index < -0.39 is 0 Å². The highest BCUT2D eigenvalue weighted by atomic mass is 127. The minimum atomic E-state index is 0.889. The van der Waals surface area contributed by atoms with Crippen LogP contribution >= 0.6 is 45.5 Å². The molecule has 0 spiro atoms. The van der Waals surface area contributed by atoms with Crippen molar-refractivity contribution in [3.63, 3.8) is 0 Å². The fourth-order valence-corrected chi connectivity index (χ4v) is 1.80. The Balaban J connectivity index is 3.12. The smallest absolute Gasteiger partial charge is 0.106 e. The molecule has 1 aromatic rings. The molecule has 0 radical (unpaired) electrons. The molecule has 38 valence electrons. The van der Waals surface area contributed by atoms with Gasteiger partial charge in [-0.2, -0.15) is 0 Å². The molecule has 1 aromatic heterocycles. The second-order valence-electron chi connectivity index (χ2n) is 1.04. The monoisotopic (exact) mass is 244 g/mol. The lowest BCUT2D eigenvalue weighted by molar-refractivity contribution is 1.89. The Bertz CT molecular complexity index is 144. The van der Waals surface area contributed by atoms with Crippen molar-refractivity contribution in [2.75, 3.05) is 0 Å². The maximum atomic E-state index is 5.64. The Morgan fingerprint density at radius 3 is 2.57 bits per heavy atom. The molecule has 0 saturated carbocycles. The first-order valence-electron chi connectivity index (χ1n) is 1.69. The van der Waals surface area contributed by atoms with Gasteiger partial charge in [-0.15, -0.1) is 11.3 Å². The first kappa shape index (κ1) is 5.85. The van der Waals surface area contributed by atoms with E-state index in [1.165, 1.54) is 0 Å². The summed E-state index contributed by atoms with van der Waals surface area (Å²) in [7, 11) is 0. The van der Waals surface area contributed by atoms with E-state index in [9.17, 15) is 0 Å². The molecule has 0 fully saturated rings. The standard InChI is InChI=1S/C4H2ClIS/c5-4-3(6)1-2-7-4/h1-2H. The lowest BCUT2D eigenvalue weighted by Gasteiger charge is -1.74. The van der Waals surface area contributed by atoms with Crippen LogP contribution in [-0.4, -0.2) is 0 Å². The largest absolute Gasteiger partial charge is 0.131 e. The van der Waals surface area contributed by atoms with Crippen LogP contribution in [-0.2, 0) is 0 Å². The summed E-state index contributed by atoms with van der Waals surface area (Å²) in [6.07, 6.45) is 0. The average Bonchev–Trinajstić information content (AvgIpc) is 1.91. The van der Waals surface area contributed by atoms with Crippen LogP contribution in [0.2, 0.25) is 4.34 Å². The van der Waals surface area contributed by atoms with Crippen molar-refractivity contribution in [3.8, 4) is 0 Å². The van der Waals surface area contributed by atoms with Gasteiger partial charge in [0.15, 0.2) is 0 Å². The van der Waals surface area contributed by atoms with Crippen molar-refractivity contribution in [3.05, 3.63) is 19.4 Å². The van der Waals surface area contributed by atoms with Gasteiger partial charge >= 0.3 is 0 Å². The summed E-state index contributed by atoms with van der Waals surface area (Å²) >= 11 is 9.40. The summed E-state index contributed by atoms with van der Waals surface area (Å²) in [6.45, 7) is 0. The second-order valence-corrected chi connectivity index (χ2v) is 3.72. The average molecular weight is 244 g/mol. The summed E-state index contributed by atoms with van der Waals surface area (Å²) in [6, 6.07) is 1.99. The van der Waals surface area contributed by atoms with E-state index in [1.54, 1.807) is 11.3 Å². The third kappa shape index (κ3) is 1.30. The quantitative estimate of drug-likeness (QED) is 0.616. The fourth-order valence-electron chi connectivity index (χ4n) is 0.275. The van der Waals surface area contributed by atoms with Crippen LogP contribution in [0.5, 0.6) is 0 Å². The number of rotatable bonds is 0. The van der Waals surface area contributed by atoms with E-state index in [4.69, 9.17) is 11.6 Å². The summed E-state index contributed by atoms with van der Waals surface area (Å²) in [5.74, 6) is 0. The highest BCUT2D eigenvalue weighted by molar-refractivity contribution is 14.1. The van der Waals surface area contributed by atoms with Gasteiger partial charge in [0.2, 0.25) is 0 Å². The van der Waals surface area contributed by atoms with E-state index in [-0.39, 0.29) is 0 Å². The minimum Gasteiger partial charge on any atom is -0.131 e. The van der Waals surface area contributed by atoms with Gasteiger partial charge in [0.25, 0.3) is 0 Å². The Morgan fingerprint density at radius 1 is 1.71 bits per heavy atom. The lowest BCUT2D eigenvalue weighted by atomic mass is 10.7. The van der Waals surface area contributed by atoms with Gasteiger partial charge in [-0.3, -0.25) is 0 Å². The molecule has 0 amide bonds. The SMILES string of the molecule is Clc1sccc1I. The molecular formula is C4H2ClIS. The zero-order valence-corrected chi connectivity index (χ0v) is 7.05. The Hall–Kier alpha value is 0.720. The maximum Gasteiger partial charge on any atom is 0.106 e. The number of hydrogen-bond donors (Lipinski definition) is 0. The molecule has 0 aliphatic rings. The zero-order valence-electron chi connectivity index (χ0n) is 3.32. The Morgan fingerprint density at radius 2 is 2.43 bits per heavy atom. The number of halogens is 2. The molecule has 7 heavy (non-hydrogen) atoms. The van der Waals surface area contributed by atoms with E-state index >= 15 is 0 Å². The van der Waals surface area contributed by atoms with Crippen molar-refractivity contribution in [1.29, 1.82) is 0 Å². The molecule has 0 atom stereocenters. The second kappa shape index (κ2) is 2.33. The summed E-state index contributed by atoms with van der Waals surface area (Å²) < 4.78 is 2.03. The van der Waals surface area contributed by atoms with Crippen LogP contribution in [0.15, 0.2) is 11.4 Å². The molecule has 0 saturated heterocycles.